The van der Waals surface area contributed by atoms with E-state index in [2.05, 4.69) is 51.4 Å². The minimum atomic E-state index is -0.849. The van der Waals surface area contributed by atoms with Gasteiger partial charge >= 0.3 is 6.01 Å². The molecule has 5 saturated heterocycles. The van der Waals surface area contributed by atoms with Crippen molar-refractivity contribution in [3.05, 3.63) is 101 Å². The Morgan fingerprint density at radius 2 is 1.75 bits per heavy atom. The van der Waals surface area contributed by atoms with Crippen LogP contribution in [-0.2, 0) is 9.59 Å². The number of likely N-dealkylation sites (tertiary alicyclic amines) is 2. The number of piperidine rings is 1. The molecule has 0 saturated carbocycles. The average molecular weight is 1090 g/mol. The number of thiazole rings is 1. The number of aliphatic hydroxyl groups is 1. The minimum absolute atomic E-state index is 0.00815. The number of nitrogens with one attached hydrogen (secondary N) is 2. The van der Waals surface area contributed by atoms with E-state index in [0.29, 0.717) is 59.6 Å². The van der Waals surface area contributed by atoms with Crippen LogP contribution < -0.4 is 25.2 Å². The van der Waals surface area contributed by atoms with Gasteiger partial charge < -0.3 is 44.8 Å². The van der Waals surface area contributed by atoms with Crippen molar-refractivity contribution in [2.45, 2.75) is 89.6 Å². The summed E-state index contributed by atoms with van der Waals surface area (Å²) >= 11 is 1.58. The number of rotatable bonds is 14. The fourth-order valence-corrected chi connectivity index (χ4v) is 13.6. The second-order valence-corrected chi connectivity index (χ2v) is 23.3. The molecule has 5 aliphatic rings. The van der Waals surface area contributed by atoms with Crippen LogP contribution in [0.2, 0.25) is 0 Å². The van der Waals surface area contributed by atoms with Gasteiger partial charge in [-0.3, -0.25) is 19.5 Å². The van der Waals surface area contributed by atoms with Crippen molar-refractivity contribution in [1.29, 1.82) is 0 Å². The molecule has 7 aromatic rings. The highest BCUT2D eigenvalue weighted by Crippen LogP contribution is 2.41. The predicted molar refractivity (Wildman–Crippen MR) is 297 cm³/mol. The molecule has 2 bridgehead atoms. The van der Waals surface area contributed by atoms with Crippen LogP contribution >= 0.6 is 11.3 Å². The van der Waals surface area contributed by atoms with E-state index in [9.17, 15) is 19.8 Å². The highest BCUT2D eigenvalue weighted by atomic mass is 32.1. The Kier molecular flexibility index (Phi) is 14.2. The molecule has 20 heteroatoms. The molecule has 0 spiro atoms. The number of phenolic OH excluding ortho intramolecular Hbond substituents is 1. The number of β-amino-alcohol motifs (C(OH)–C–C–N with tert-alkyl or cyclic N) is 1. The molecule has 12 rings (SSSR count). The quantitative estimate of drug-likeness (QED) is 0.0777. The molecule has 2 unspecified atom stereocenters. The monoisotopic (exact) mass is 1090 g/mol. The summed E-state index contributed by atoms with van der Waals surface area (Å²) in [6.07, 6.45) is 9.60. The third-order valence-corrected chi connectivity index (χ3v) is 17.8. The lowest BCUT2D eigenvalue weighted by Gasteiger charge is -2.34. The first-order chi connectivity index (χ1) is 38.2. The van der Waals surface area contributed by atoms with Crippen LogP contribution in [-0.4, -0.2) is 140 Å². The highest BCUT2D eigenvalue weighted by Gasteiger charge is 2.45. The molecule has 3 aromatic carbocycles. The molecule has 9 heterocycles. The number of ether oxygens (including phenoxy) is 1. The fourth-order valence-electron chi connectivity index (χ4n) is 12.8. The number of anilines is 2. The number of benzene rings is 3. The molecule has 5 aliphatic heterocycles. The van der Waals surface area contributed by atoms with Gasteiger partial charge in [0.2, 0.25) is 11.8 Å². The molecule has 17 nitrogen and oxygen atoms in total. The van der Waals surface area contributed by atoms with Gasteiger partial charge in [-0.05, 0) is 92.1 Å². The Hall–Kier alpha value is -7.31. The maximum atomic E-state index is 17.2. The van der Waals surface area contributed by atoms with E-state index < -0.39 is 29.7 Å². The fraction of sp³-hybridized carbons (Fsp3) is 0.441. The summed E-state index contributed by atoms with van der Waals surface area (Å²) in [5, 5.41) is 33.9. The van der Waals surface area contributed by atoms with Gasteiger partial charge in [0.1, 0.15) is 47.2 Å². The van der Waals surface area contributed by atoms with Crippen LogP contribution in [0, 0.1) is 48.7 Å². The number of aromatic nitrogens is 5. The van der Waals surface area contributed by atoms with Gasteiger partial charge in [-0.1, -0.05) is 55.3 Å². The molecule has 410 valence electrons. The lowest BCUT2D eigenvalue weighted by atomic mass is 9.89. The Balaban J connectivity index is 0.706. The van der Waals surface area contributed by atoms with Gasteiger partial charge in [0.15, 0.2) is 17.4 Å². The van der Waals surface area contributed by atoms with Crippen LogP contribution in [0.25, 0.3) is 43.4 Å². The number of carbonyl (C=O) groups excluding carboxylic acids is 2. The van der Waals surface area contributed by atoms with Gasteiger partial charge in [-0.15, -0.1) is 17.8 Å². The van der Waals surface area contributed by atoms with Gasteiger partial charge in [0, 0.05) is 87.5 Å². The molecule has 2 amide bonds. The number of phenols is 1. The van der Waals surface area contributed by atoms with E-state index >= 15 is 8.78 Å². The molecule has 8 atom stereocenters. The summed E-state index contributed by atoms with van der Waals surface area (Å²) in [5.41, 5.74) is 4.70. The van der Waals surface area contributed by atoms with E-state index in [1.807, 2.05) is 63.5 Å². The summed E-state index contributed by atoms with van der Waals surface area (Å²) in [5.74, 6) is 1.65. The molecule has 79 heavy (non-hydrogen) atoms. The van der Waals surface area contributed by atoms with Crippen molar-refractivity contribution in [1.82, 2.24) is 45.5 Å². The van der Waals surface area contributed by atoms with E-state index in [0.717, 1.165) is 67.1 Å². The number of aromatic hydroxyl groups is 1. The average Bonchev–Trinajstić information content (AvgIpc) is 4.36. The van der Waals surface area contributed by atoms with Crippen molar-refractivity contribution in [3.8, 4) is 45.8 Å². The molecule has 0 radical (unpaired) electrons. The lowest BCUT2D eigenvalue weighted by Crippen LogP contribution is -2.51. The zero-order valence-electron chi connectivity index (χ0n) is 44.5. The third-order valence-electron chi connectivity index (χ3n) is 16.9. The van der Waals surface area contributed by atoms with E-state index in [4.69, 9.17) is 20.7 Å². The highest BCUT2D eigenvalue weighted by molar-refractivity contribution is 7.13. The first kappa shape index (κ1) is 52.4. The van der Waals surface area contributed by atoms with Gasteiger partial charge in [0.05, 0.1) is 39.2 Å². The van der Waals surface area contributed by atoms with E-state index in [-0.39, 0.29) is 94.9 Å². The summed E-state index contributed by atoms with van der Waals surface area (Å²) < 4.78 is 44.6. The molecular weight excluding hydrogens is 1030 g/mol. The number of amides is 2. The number of terminal acetylenes is 1. The van der Waals surface area contributed by atoms with Gasteiger partial charge in [-0.25, -0.2) is 13.8 Å². The normalized spacial score (nSPS) is 22.9. The number of piperazine rings is 1. The van der Waals surface area contributed by atoms with Crippen molar-refractivity contribution >= 4 is 56.5 Å². The number of halogens is 2. The molecule has 4 N–H and O–H groups in total. The molecule has 5 fully saturated rings. The second kappa shape index (κ2) is 21.4. The van der Waals surface area contributed by atoms with E-state index in [1.54, 1.807) is 11.3 Å². The maximum Gasteiger partial charge on any atom is 0.319 e. The number of hydrogen-bond acceptors (Lipinski definition) is 16. The molecular formula is C59H63F2N11O6S. The standard InChI is InChI=1S/C59H63F2N11O6S/c1-6-43-46(60)14-11-36-19-41(73)20-44(51(36)43)53-52(61)54-45(23-62-53)56(71-27-39-12-13-40(28-71)65-39)67-59(66-54)77-18-17-69-16-15-37-25-70(26-38(37)24-69)49-22-48(78-68-49)50(31(2)3)58(76)72-29-42(74)21-47(72)57(75)64-32(4)34-7-9-35(10-8-34)55-33(5)63-30-79-55/h1,7-11,14,19-20,22-23,30-32,37-40,42,47,50,65,73-74H,12-13,15-18,21,24-29H2,2-5H3,(H,64,75)/t32-,37-,38+,39?,40?,42+,47-,50+/m0/s1. The first-order valence-electron chi connectivity index (χ1n) is 27.3. The number of aliphatic hydroxyl groups excluding tert-OH is 1. The van der Waals surface area contributed by atoms with Crippen LogP contribution in [0.4, 0.5) is 20.4 Å². The van der Waals surface area contributed by atoms with Gasteiger partial charge in [-0.2, -0.15) is 9.97 Å². The van der Waals surface area contributed by atoms with Crippen molar-refractivity contribution in [2.75, 3.05) is 68.8 Å². The van der Waals surface area contributed by atoms with Crippen LogP contribution in [0.3, 0.4) is 0 Å². The minimum Gasteiger partial charge on any atom is -0.508 e. The Labute approximate surface area is 460 Å². The summed E-state index contributed by atoms with van der Waals surface area (Å²) in [4.78, 5) is 56.2. The van der Waals surface area contributed by atoms with Crippen LogP contribution in [0.1, 0.15) is 81.0 Å². The van der Waals surface area contributed by atoms with E-state index in [1.165, 1.54) is 35.4 Å². The maximum absolute atomic E-state index is 17.2. The first-order valence-corrected chi connectivity index (χ1v) is 28.2. The Morgan fingerprint density at radius 1 is 0.962 bits per heavy atom. The smallest absolute Gasteiger partial charge is 0.319 e. The Morgan fingerprint density at radius 3 is 2.49 bits per heavy atom. The van der Waals surface area contributed by atoms with Crippen LogP contribution in [0.15, 0.2) is 70.8 Å². The van der Waals surface area contributed by atoms with Crippen molar-refractivity contribution < 1.29 is 37.8 Å². The zero-order valence-corrected chi connectivity index (χ0v) is 45.3. The number of pyridine rings is 1. The van der Waals surface area contributed by atoms with Crippen molar-refractivity contribution in [3.63, 3.8) is 0 Å². The second-order valence-electron chi connectivity index (χ2n) is 22.4. The van der Waals surface area contributed by atoms with Crippen LogP contribution in [0.5, 0.6) is 11.8 Å². The largest absolute Gasteiger partial charge is 0.508 e. The Bertz CT molecular complexity index is 3500. The van der Waals surface area contributed by atoms with Crippen molar-refractivity contribution in [2.24, 2.45) is 17.8 Å². The topological polar surface area (TPSA) is 198 Å². The summed E-state index contributed by atoms with van der Waals surface area (Å²) in [6.45, 7) is 13.2. The number of nitrogens with zero attached hydrogens (tertiary/aromatic N) is 9. The molecule has 0 aliphatic carbocycles. The number of aryl methyl sites for hydroxylation is 1. The summed E-state index contributed by atoms with van der Waals surface area (Å²) in [7, 11) is 0. The zero-order chi connectivity index (χ0) is 54.8. The SMILES string of the molecule is C#Cc1c(F)ccc2cc(O)cc(-c3ncc4c(N5CC6CCC(C5)N6)nc(OCCN5CC[C@H]6CN(c7cc([C@H](C(=O)N8C[C@H](O)C[C@H]8C(=O)N[C@@H](C)c8ccc(-c9scnc9C)cc8)C(C)C)on7)C[C@H]6C5)nc4c3F)c12. The predicted octanol–water partition coefficient (Wildman–Crippen LogP) is 7.59. The van der Waals surface area contributed by atoms with Gasteiger partial charge in [0.25, 0.3) is 0 Å². The number of fused-ring (bicyclic) bond motifs is 5. The number of hydrogen-bond donors (Lipinski definition) is 4. The third kappa shape index (κ3) is 10.1. The summed E-state index contributed by atoms with van der Waals surface area (Å²) in [6, 6.07) is 14.8. The lowest BCUT2D eigenvalue weighted by molar-refractivity contribution is -0.141. The molecule has 4 aromatic heterocycles. The number of carbonyl (C=O) groups is 2.